The number of rotatable bonds is 5. The third-order valence-electron chi connectivity index (χ3n) is 7.46. The molecule has 0 aromatic heterocycles. The molecule has 0 bridgehead atoms. The maximum atomic E-state index is 13.0. The van der Waals surface area contributed by atoms with Crippen LogP contribution in [0, 0.1) is 11.6 Å². The van der Waals surface area contributed by atoms with E-state index in [2.05, 4.69) is 16.0 Å². The lowest BCUT2D eigenvalue weighted by atomic mass is 9.90. The number of piperidine rings is 2. The Hall–Kier alpha value is -2.60. The topological polar surface area (TPSA) is 108 Å². The lowest BCUT2D eigenvalue weighted by Gasteiger charge is -2.33. The molecule has 0 spiro atoms. The normalized spacial score (nSPS) is 22.7. The number of benzene rings is 2. The van der Waals surface area contributed by atoms with Crippen LogP contribution in [0.3, 0.4) is 0 Å². The second-order valence-electron chi connectivity index (χ2n) is 10.3. The van der Waals surface area contributed by atoms with E-state index in [1.807, 2.05) is 12.1 Å². The second kappa shape index (κ2) is 13.2. The van der Waals surface area contributed by atoms with Gasteiger partial charge < -0.3 is 10.6 Å². The van der Waals surface area contributed by atoms with E-state index in [1.165, 1.54) is 41.8 Å². The van der Waals surface area contributed by atoms with Gasteiger partial charge in [0.05, 0.1) is 5.75 Å². The molecule has 5 rings (SSSR count). The summed E-state index contributed by atoms with van der Waals surface area (Å²) in [4.78, 5) is 23.1. The van der Waals surface area contributed by atoms with Gasteiger partial charge in [-0.2, -0.15) is 0 Å². The molecule has 1 atom stereocenters. The number of nitrogens with one attached hydrogen (secondary N) is 3. The van der Waals surface area contributed by atoms with E-state index in [0.29, 0.717) is 31.8 Å². The number of imide groups is 1. The first-order valence-corrected chi connectivity index (χ1v) is 14.5. The van der Waals surface area contributed by atoms with Crippen LogP contribution in [0.15, 0.2) is 48.5 Å². The fourth-order valence-electron chi connectivity index (χ4n) is 5.23. The molecule has 0 aliphatic carbocycles. The molecule has 3 amide bonds. The Balaban J connectivity index is 0.000000253. The van der Waals surface area contributed by atoms with Crippen molar-refractivity contribution in [1.29, 1.82) is 0 Å². The van der Waals surface area contributed by atoms with Crippen LogP contribution in [-0.2, 0) is 14.8 Å². The first-order valence-electron chi connectivity index (χ1n) is 12.9. The molecule has 3 saturated heterocycles. The van der Waals surface area contributed by atoms with Gasteiger partial charge in [0, 0.05) is 13.1 Å². The third-order valence-corrected chi connectivity index (χ3v) is 9.55. The summed E-state index contributed by atoms with van der Waals surface area (Å²) >= 11 is 0. The van der Waals surface area contributed by atoms with Gasteiger partial charge in [-0.05, 0) is 92.9 Å². The number of halogens is 3. The Labute approximate surface area is 234 Å². The van der Waals surface area contributed by atoms with Crippen LogP contribution in [0.2, 0.25) is 0 Å². The fourth-order valence-corrected chi connectivity index (χ4v) is 7.11. The van der Waals surface area contributed by atoms with Crippen LogP contribution in [-0.4, -0.2) is 62.1 Å². The Bertz CT molecular complexity index is 1230. The summed E-state index contributed by atoms with van der Waals surface area (Å²) < 4.78 is 52.3. The zero-order chi connectivity index (χ0) is 27.3. The van der Waals surface area contributed by atoms with Crippen LogP contribution in [0.25, 0.3) is 0 Å². The van der Waals surface area contributed by atoms with Crippen molar-refractivity contribution in [2.45, 2.75) is 50.0 Å². The highest BCUT2D eigenvalue weighted by molar-refractivity contribution is 7.89. The molecule has 0 saturated carbocycles. The summed E-state index contributed by atoms with van der Waals surface area (Å²) in [7, 11) is -3.70. The maximum Gasteiger partial charge on any atom is 0.322 e. The van der Waals surface area contributed by atoms with Crippen molar-refractivity contribution in [1.82, 2.24) is 20.3 Å². The molecule has 0 radical (unpaired) electrons. The minimum atomic E-state index is -3.70. The fraction of sp³-hybridized carbons (Fsp3) is 0.481. The summed E-state index contributed by atoms with van der Waals surface area (Å²) in [5.74, 6) is -0.744. The largest absolute Gasteiger partial charge is 0.322 e. The molecule has 3 fully saturated rings. The number of sulfonamides is 1. The van der Waals surface area contributed by atoms with E-state index in [1.54, 1.807) is 24.3 Å². The molecule has 8 nitrogen and oxygen atoms in total. The SMILES string of the molecule is C[C@]1(CS(=O)(=O)N2CCC(c3ccc(F)cc3)CC2)NC(=O)NC1=O.Cl.Fc1ccc(C2CCNCC2)cc1. The number of urea groups is 1. The van der Waals surface area contributed by atoms with Gasteiger partial charge in [-0.25, -0.2) is 26.3 Å². The Morgan fingerprint density at radius 2 is 1.31 bits per heavy atom. The van der Waals surface area contributed by atoms with Crippen LogP contribution < -0.4 is 16.0 Å². The molecule has 2 aromatic carbocycles. The van der Waals surface area contributed by atoms with Crippen molar-refractivity contribution in [2.24, 2.45) is 0 Å². The smallest absolute Gasteiger partial charge is 0.322 e. The molecule has 3 aliphatic rings. The Kier molecular flexibility index (Phi) is 10.4. The molecule has 214 valence electrons. The second-order valence-corrected chi connectivity index (χ2v) is 12.3. The minimum Gasteiger partial charge on any atom is -0.322 e. The highest BCUT2D eigenvalue weighted by Gasteiger charge is 2.46. The molecule has 2 aromatic rings. The number of hydrogen-bond acceptors (Lipinski definition) is 5. The number of amides is 3. The Morgan fingerprint density at radius 3 is 1.74 bits per heavy atom. The van der Waals surface area contributed by atoms with E-state index in [4.69, 9.17) is 0 Å². The van der Waals surface area contributed by atoms with Gasteiger partial charge >= 0.3 is 6.03 Å². The van der Waals surface area contributed by atoms with Gasteiger partial charge in [-0.3, -0.25) is 10.1 Å². The van der Waals surface area contributed by atoms with Crippen LogP contribution in [0.1, 0.15) is 55.6 Å². The molecular weight excluding hydrogens is 550 g/mol. The van der Waals surface area contributed by atoms with E-state index in [0.717, 1.165) is 18.7 Å². The first kappa shape index (κ1) is 30.9. The highest BCUT2D eigenvalue weighted by atomic mass is 35.5. The van der Waals surface area contributed by atoms with Gasteiger partial charge in [0.25, 0.3) is 5.91 Å². The lowest BCUT2D eigenvalue weighted by molar-refractivity contribution is -0.122. The van der Waals surface area contributed by atoms with E-state index in [9.17, 15) is 26.8 Å². The van der Waals surface area contributed by atoms with E-state index in [-0.39, 0.29) is 30.0 Å². The number of hydrogen-bond donors (Lipinski definition) is 3. The summed E-state index contributed by atoms with van der Waals surface area (Å²) in [5, 5.41) is 7.76. The molecule has 3 N–H and O–H groups in total. The van der Waals surface area contributed by atoms with Crippen LogP contribution in [0.4, 0.5) is 13.6 Å². The summed E-state index contributed by atoms with van der Waals surface area (Å²) in [6.45, 7) is 4.23. The number of nitrogens with zero attached hydrogens (tertiary/aromatic N) is 1. The summed E-state index contributed by atoms with van der Waals surface area (Å²) in [5.41, 5.74) is 0.819. The zero-order valence-corrected chi connectivity index (χ0v) is 23.4. The highest BCUT2D eigenvalue weighted by Crippen LogP contribution is 2.30. The van der Waals surface area contributed by atoms with Crippen molar-refractivity contribution in [3.63, 3.8) is 0 Å². The van der Waals surface area contributed by atoms with Crippen molar-refractivity contribution in [3.8, 4) is 0 Å². The molecule has 12 heteroatoms. The van der Waals surface area contributed by atoms with E-state index < -0.39 is 33.3 Å². The molecular formula is C27H35ClF2N4O4S. The van der Waals surface area contributed by atoms with Gasteiger partial charge in [0.2, 0.25) is 10.0 Å². The average molecular weight is 585 g/mol. The standard InChI is InChI=1S/C16H20FN3O4S.C11H14FN.ClH/c1-16(14(21)18-15(22)19-16)10-25(23,24)20-8-6-12(7-9-20)11-2-4-13(17)5-3-11;12-11-3-1-9(2-4-11)10-5-7-13-8-6-10;/h2-5,12H,6-10H2,1H3,(H2,18,19,21,22);1-4,10,13H,5-8H2;1H/t16-;;/m1../s1. The number of carbonyl (C=O) groups excluding carboxylic acids is 2. The van der Waals surface area contributed by atoms with Gasteiger partial charge in [0.15, 0.2) is 0 Å². The van der Waals surface area contributed by atoms with Crippen LogP contribution in [0.5, 0.6) is 0 Å². The summed E-state index contributed by atoms with van der Waals surface area (Å²) in [6, 6.07) is 12.5. The predicted molar refractivity (Wildman–Crippen MR) is 147 cm³/mol. The number of carbonyl (C=O) groups is 2. The van der Waals surface area contributed by atoms with Crippen LogP contribution >= 0.6 is 12.4 Å². The lowest BCUT2D eigenvalue weighted by Crippen LogP contribution is -2.53. The summed E-state index contributed by atoms with van der Waals surface area (Å²) in [6.07, 6.45) is 3.59. The minimum absolute atomic E-state index is 0. The van der Waals surface area contributed by atoms with Gasteiger partial charge in [0.1, 0.15) is 17.2 Å². The predicted octanol–water partition coefficient (Wildman–Crippen LogP) is 3.65. The molecule has 0 unspecified atom stereocenters. The maximum absolute atomic E-state index is 13.0. The van der Waals surface area contributed by atoms with Gasteiger partial charge in [-0.1, -0.05) is 24.3 Å². The van der Waals surface area contributed by atoms with E-state index >= 15 is 0 Å². The van der Waals surface area contributed by atoms with Gasteiger partial charge in [-0.15, -0.1) is 12.4 Å². The molecule has 3 heterocycles. The molecule has 3 aliphatic heterocycles. The van der Waals surface area contributed by atoms with Crippen molar-refractivity contribution in [2.75, 3.05) is 31.9 Å². The zero-order valence-electron chi connectivity index (χ0n) is 21.8. The quantitative estimate of drug-likeness (QED) is 0.465. The van der Waals surface area contributed by atoms with Crippen molar-refractivity contribution in [3.05, 3.63) is 71.3 Å². The Morgan fingerprint density at radius 1 is 0.846 bits per heavy atom. The molecule has 39 heavy (non-hydrogen) atoms. The monoisotopic (exact) mass is 584 g/mol. The first-order chi connectivity index (χ1) is 18.1. The van der Waals surface area contributed by atoms with Crippen molar-refractivity contribution >= 4 is 34.4 Å². The average Bonchev–Trinajstić information content (AvgIpc) is 3.15. The van der Waals surface area contributed by atoms with Crippen molar-refractivity contribution < 1.29 is 26.8 Å². The third kappa shape index (κ3) is 7.97.